The van der Waals surface area contributed by atoms with Gasteiger partial charge in [0, 0.05) is 30.3 Å². The molecule has 3 heterocycles. The first-order valence-electron chi connectivity index (χ1n) is 8.78. The summed E-state index contributed by atoms with van der Waals surface area (Å²) < 4.78 is 11.2. The van der Waals surface area contributed by atoms with Gasteiger partial charge in [0.15, 0.2) is 0 Å². The lowest BCUT2D eigenvalue weighted by molar-refractivity contribution is -0.0648. The lowest BCUT2D eigenvalue weighted by atomic mass is 9.95. The second-order valence-corrected chi connectivity index (χ2v) is 6.51. The van der Waals surface area contributed by atoms with E-state index in [1.807, 2.05) is 24.3 Å². The van der Waals surface area contributed by atoms with Crippen LogP contribution in [0.5, 0.6) is 5.88 Å². The molecule has 0 aliphatic carbocycles. The molecule has 140 valence electrons. The average Bonchev–Trinajstić information content (AvgIpc) is 2.67. The second-order valence-electron chi connectivity index (χ2n) is 6.51. The standard InChI is InChI=1S/C19H25N3O4/c1-25-18-7-6-16-19(22-18)12(8-9-21-16)2-3-14-4-5-15(20)17(26-14)10-13(24)11-23/h2-3,6-9,13-15,17,23-24H,4-5,10-11,20H2,1H3/t13-,14+,15+,17+/m0/s1. The minimum absolute atomic E-state index is 0.0977. The van der Waals surface area contributed by atoms with Crippen molar-refractivity contribution in [3.05, 3.63) is 36.0 Å². The van der Waals surface area contributed by atoms with Gasteiger partial charge in [-0.3, -0.25) is 4.98 Å². The third kappa shape index (κ3) is 4.37. The van der Waals surface area contributed by atoms with Gasteiger partial charge in [-0.25, -0.2) is 4.98 Å². The smallest absolute Gasteiger partial charge is 0.213 e. The maximum atomic E-state index is 9.66. The van der Waals surface area contributed by atoms with Gasteiger partial charge in [-0.05, 0) is 25.0 Å². The van der Waals surface area contributed by atoms with Crippen molar-refractivity contribution in [2.24, 2.45) is 5.73 Å². The van der Waals surface area contributed by atoms with Crippen molar-refractivity contribution in [3.8, 4) is 5.88 Å². The maximum Gasteiger partial charge on any atom is 0.213 e. The maximum absolute atomic E-state index is 9.66. The first kappa shape index (κ1) is 18.7. The number of rotatable bonds is 6. The van der Waals surface area contributed by atoms with Crippen LogP contribution < -0.4 is 10.5 Å². The number of methoxy groups -OCH3 is 1. The minimum Gasteiger partial charge on any atom is -0.481 e. The number of ether oxygens (including phenoxy) is 2. The van der Waals surface area contributed by atoms with Gasteiger partial charge in [-0.1, -0.05) is 12.2 Å². The monoisotopic (exact) mass is 359 g/mol. The summed E-state index contributed by atoms with van der Waals surface area (Å²) in [6, 6.07) is 5.42. The normalized spacial score (nSPS) is 24.8. The fourth-order valence-corrected chi connectivity index (χ4v) is 3.14. The van der Waals surface area contributed by atoms with Gasteiger partial charge in [0.05, 0.1) is 43.1 Å². The van der Waals surface area contributed by atoms with E-state index < -0.39 is 6.10 Å². The summed E-state index contributed by atoms with van der Waals surface area (Å²) in [4.78, 5) is 8.80. The summed E-state index contributed by atoms with van der Waals surface area (Å²) >= 11 is 0. The third-order valence-corrected chi connectivity index (χ3v) is 4.62. The van der Waals surface area contributed by atoms with Gasteiger partial charge in [-0.15, -0.1) is 0 Å². The van der Waals surface area contributed by atoms with E-state index in [-0.39, 0.29) is 24.9 Å². The van der Waals surface area contributed by atoms with E-state index in [2.05, 4.69) is 9.97 Å². The molecule has 0 amide bonds. The quantitative estimate of drug-likeness (QED) is 0.712. The number of hydrogen-bond acceptors (Lipinski definition) is 7. The van der Waals surface area contributed by atoms with Gasteiger partial charge in [0.25, 0.3) is 0 Å². The van der Waals surface area contributed by atoms with Crippen LogP contribution in [0.4, 0.5) is 0 Å². The first-order chi connectivity index (χ1) is 12.6. The van der Waals surface area contributed by atoms with Gasteiger partial charge in [0.1, 0.15) is 0 Å². The van der Waals surface area contributed by atoms with Crippen LogP contribution in [0.3, 0.4) is 0 Å². The van der Waals surface area contributed by atoms with E-state index in [1.54, 1.807) is 19.4 Å². The van der Waals surface area contributed by atoms with Crippen molar-refractivity contribution in [2.45, 2.75) is 43.6 Å². The summed E-state index contributed by atoms with van der Waals surface area (Å²) in [5.74, 6) is 0.540. The second kappa shape index (κ2) is 8.55. The van der Waals surface area contributed by atoms with E-state index in [1.165, 1.54) is 0 Å². The summed E-state index contributed by atoms with van der Waals surface area (Å²) in [5, 5.41) is 18.7. The Morgan fingerprint density at radius 1 is 1.38 bits per heavy atom. The van der Waals surface area contributed by atoms with Gasteiger partial charge < -0.3 is 25.4 Å². The summed E-state index contributed by atoms with van der Waals surface area (Å²) in [6.07, 6.45) is 6.47. The Hall–Kier alpha value is -2.06. The molecule has 26 heavy (non-hydrogen) atoms. The number of nitrogens with two attached hydrogens (primary N) is 1. The highest BCUT2D eigenvalue weighted by atomic mass is 16.5. The lowest BCUT2D eigenvalue weighted by Gasteiger charge is -2.34. The number of aliphatic hydroxyl groups excluding tert-OH is 2. The Morgan fingerprint density at radius 2 is 2.23 bits per heavy atom. The molecule has 2 aromatic rings. The Kier molecular flexibility index (Phi) is 6.16. The molecule has 0 bridgehead atoms. The predicted molar refractivity (Wildman–Crippen MR) is 98.7 cm³/mol. The van der Waals surface area contributed by atoms with Crippen LogP contribution >= 0.6 is 0 Å². The highest BCUT2D eigenvalue weighted by Crippen LogP contribution is 2.24. The molecule has 4 N–H and O–H groups in total. The van der Waals surface area contributed by atoms with Crippen molar-refractivity contribution in [1.82, 2.24) is 9.97 Å². The zero-order valence-corrected chi connectivity index (χ0v) is 14.8. The largest absolute Gasteiger partial charge is 0.481 e. The summed E-state index contributed by atoms with van der Waals surface area (Å²) in [5.41, 5.74) is 8.58. The fraction of sp³-hybridized carbons (Fsp3) is 0.474. The lowest BCUT2D eigenvalue weighted by Crippen LogP contribution is -2.45. The summed E-state index contributed by atoms with van der Waals surface area (Å²) in [6.45, 7) is -0.288. The van der Waals surface area contributed by atoms with Crippen LogP contribution in [0, 0.1) is 0 Å². The zero-order chi connectivity index (χ0) is 18.5. The molecular formula is C19H25N3O4. The van der Waals surface area contributed by atoms with Gasteiger partial charge in [0.2, 0.25) is 5.88 Å². The molecular weight excluding hydrogens is 334 g/mol. The zero-order valence-electron chi connectivity index (χ0n) is 14.8. The van der Waals surface area contributed by atoms with Crippen molar-refractivity contribution < 1.29 is 19.7 Å². The van der Waals surface area contributed by atoms with Gasteiger partial charge >= 0.3 is 0 Å². The van der Waals surface area contributed by atoms with Crippen molar-refractivity contribution in [1.29, 1.82) is 0 Å². The molecule has 1 saturated heterocycles. The molecule has 7 nitrogen and oxygen atoms in total. The van der Waals surface area contributed by atoms with Gasteiger partial charge in [-0.2, -0.15) is 0 Å². The van der Waals surface area contributed by atoms with E-state index >= 15 is 0 Å². The van der Waals surface area contributed by atoms with Crippen LogP contribution in [0.15, 0.2) is 30.5 Å². The number of nitrogens with zero attached hydrogens (tertiary/aromatic N) is 2. The average molecular weight is 359 g/mol. The number of pyridine rings is 2. The van der Waals surface area contributed by atoms with Crippen LogP contribution in [-0.4, -0.2) is 58.3 Å². The topological polar surface area (TPSA) is 111 Å². The molecule has 4 atom stereocenters. The van der Waals surface area contributed by atoms with Crippen molar-refractivity contribution in [2.75, 3.05) is 13.7 Å². The highest BCUT2D eigenvalue weighted by Gasteiger charge is 2.29. The van der Waals surface area contributed by atoms with E-state index in [4.69, 9.17) is 20.3 Å². The minimum atomic E-state index is -0.811. The molecule has 1 aliphatic rings. The predicted octanol–water partition coefficient (Wildman–Crippen LogP) is 1.27. The van der Waals surface area contributed by atoms with Crippen LogP contribution in [0.25, 0.3) is 17.1 Å². The van der Waals surface area contributed by atoms with E-state index in [0.29, 0.717) is 12.3 Å². The summed E-state index contributed by atoms with van der Waals surface area (Å²) in [7, 11) is 1.58. The molecule has 2 aromatic heterocycles. The van der Waals surface area contributed by atoms with Crippen molar-refractivity contribution >= 4 is 17.1 Å². The molecule has 0 saturated carbocycles. The Balaban J connectivity index is 1.76. The first-order valence-corrected chi connectivity index (χ1v) is 8.78. The van der Waals surface area contributed by atoms with Crippen LogP contribution in [0.1, 0.15) is 24.8 Å². The molecule has 0 aromatic carbocycles. The molecule has 1 aliphatic heterocycles. The Bertz CT molecular complexity index is 768. The van der Waals surface area contributed by atoms with E-state index in [0.717, 1.165) is 29.4 Å². The number of aromatic nitrogens is 2. The van der Waals surface area contributed by atoms with Crippen LogP contribution in [0.2, 0.25) is 0 Å². The Labute approximate surface area is 152 Å². The van der Waals surface area contributed by atoms with Crippen molar-refractivity contribution in [3.63, 3.8) is 0 Å². The molecule has 0 radical (unpaired) electrons. The molecule has 3 rings (SSSR count). The Morgan fingerprint density at radius 3 is 3.00 bits per heavy atom. The number of aliphatic hydroxyl groups is 2. The number of hydrogen-bond donors (Lipinski definition) is 3. The SMILES string of the molecule is COc1ccc2nccc(C=C[C@@H]3CC[C@@H](N)[C@@H](C[C@H](O)CO)O3)c2n1. The molecule has 0 spiro atoms. The van der Waals surface area contributed by atoms with Crippen LogP contribution in [-0.2, 0) is 4.74 Å². The van der Waals surface area contributed by atoms with E-state index in [9.17, 15) is 5.11 Å². The highest BCUT2D eigenvalue weighted by molar-refractivity contribution is 5.84. The number of fused-ring (bicyclic) bond motifs is 1. The molecule has 0 unspecified atom stereocenters. The fourth-order valence-electron chi connectivity index (χ4n) is 3.14. The third-order valence-electron chi connectivity index (χ3n) is 4.62. The molecule has 1 fully saturated rings. The molecule has 7 heteroatoms.